The number of thiol groups is 1. The van der Waals surface area contributed by atoms with Gasteiger partial charge >= 0.3 is 0 Å². The number of benzene rings is 1. The summed E-state index contributed by atoms with van der Waals surface area (Å²) in [4.78, 5) is 8.39. The first-order valence-corrected chi connectivity index (χ1v) is 7.22. The predicted octanol–water partition coefficient (Wildman–Crippen LogP) is 4.69. The van der Waals surface area contributed by atoms with Crippen LogP contribution >= 0.6 is 39.9 Å². The molecular formula is C12H5BrF2N2S2. The minimum Gasteiger partial charge on any atom is -0.226 e. The minimum absolute atomic E-state index is 0.0995. The maximum atomic E-state index is 13.8. The summed E-state index contributed by atoms with van der Waals surface area (Å²) in [7, 11) is 0. The smallest absolute Gasteiger partial charge is 0.172 e. The molecule has 0 atom stereocenters. The third-order valence-electron chi connectivity index (χ3n) is 2.53. The number of pyridine rings is 1. The largest absolute Gasteiger partial charge is 0.226 e. The summed E-state index contributed by atoms with van der Waals surface area (Å²) in [5.74, 6) is -1.82. The van der Waals surface area contributed by atoms with E-state index < -0.39 is 11.6 Å². The third kappa shape index (κ3) is 2.26. The van der Waals surface area contributed by atoms with Gasteiger partial charge in [-0.3, -0.25) is 0 Å². The fourth-order valence-electron chi connectivity index (χ4n) is 1.70. The molecule has 0 bridgehead atoms. The van der Waals surface area contributed by atoms with Crippen LogP contribution in [0.5, 0.6) is 0 Å². The maximum Gasteiger partial charge on any atom is 0.172 e. The molecule has 0 amide bonds. The highest BCUT2D eigenvalue weighted by atomic mass is 79.9. The van der Waals surface area contributed by atoms with Crippen molar-refractivity contribution in [2.75, 3.05) is 0 Å². The van der Waals surface area contributed by atoms with Crippen LogP contribution in [-0.4, -0.2) is 9.97 Å². The van der Waals surface area contributed by atoms with Gasteiger partial charge in [0.2, 0.25) is 0 Å². The highest BCUT2D eigenvalue weighted by Crippen LogP contribution is 2.34. The topological polar surface area (TPSA) is 25.8 Å². The second-order valence-corrected chi connectivity index (χ2v) is 6.35. The van der Waals surface area contributed by atoms with Crippen molar-refractivity contribution < 1.29 is 8.78 Å². The Morgan fingerprint density at radius 1 is 1.21 bits per heavy atom. The van der Waals surface area contributed by atoms with Crippen molar-refractivity contribution in [2.45, 2.75) is 4.34 Å². The van der Waals surface area contributed by atoms with Crippen LogP contribution in [0.4, 0.5) is 8.78 Å². The van der Waals surface area contributed by atoms with Gasteiger partial charge in [-0.2, -0.15) is 0 Å². The zero-order valence-corrected chi connectivity index (χ0v) is 12.5. The molecule has 0 aliphatic rings. The van der Waals surface area contributed by atoms with Gasteiger partial charge in [-0.25, -0.2) is 18.7 Å². The Hall–Kier alpha value is -1.05. The van der Waals surface area contributed by atoms with Crippen LogP contribution in [0.2, 0.25) is 0 Å². The highest BCUT2D eigenvalue weighted by molar-refractivity contribution is 9.10. The summed E-state index contributed by atoms with van der Waals surface area (Å²) in [5.41, 5.74) is 0.891. The van der Waals surface area contributed by atoms with Gasteiger partial charge in [0.15, 0.2) is 17.3 Å². The molecule has 0 saturated heterocycles. The molecule has 2 nitrogen and oxygen atoms in total. The molecule has 2 aromatic heterocycles. The molecule has 19 heavy (non-hydrogen) atoms. The van der Waals surface area contributed by atoms with Crippen molar-refractivity contribution in [1.82, 2.24) is 9.97 Å². The maximum absolute atomic E-state index is 13.8. The van der Waals surface area contributed by atoms with Gasteiger partial charge in [0.1, 0.15) is 4.34 Å². The molecule has 0 spiro atoms. The zero-order chi connectivity index (χ0) is 13.6. The van der Waals surface area contributed by atoms with Crippen LogP contribution in [0.3, 0.4) is 0 Å². The standard InChI is InChI=1S/C12H5BrF2N2S2/c13-6-4-8-11(17-12(18)19-8)16-10(6)5-2-1-3-7(14)9(5)15/h1-4H,(H,16,17,18). The minimum atomic E-state index is -0.920. The van der Waals surface area contributed by atoms with Crippen LogP contribution in [-0.2, 0) is 0 Å². The van der Waals surface area contributed by atoms with E-state index in [9.17, 15) is 8.78 Å². The quantitative estimate of drug-likeness (QED) is 0.638. The SMILES string of the molecule is Fc1cccc(-c2nc3nc(S)sc3cc2Br)c1F. The molecule has 0 N–H and O–H groups in total. The molecule has 1 aromatic carbocycles. The lowest BCUT2D eigenvalue weighted by molar-refractivity contribution is 0.511. The van der Waals surface area contributed by atoms with E-state index in [1.807, 2.05) is 0 Å². The van der Waals surface area contributed by atoms with E-state index in [0.29, 0.717) is 20.2 Å². The van der Waals surface area contributed by atoms with Crippen LogP contribution in [0.1, 0.15) is 0 Å². The lowest BCUT2D eigenvalue weighted by atomic mass is 10.1. The average Bonchev–Trinajstić information content (AvgIpc) is 2.71. The van der Waals surface area contributed by atoms with Crippen LogP contribution in [0.25, 0.3) is 21.6 Å². The van der Waals surface area contributed by atoms with Crippen molar-refractivity contribution in [3.63, 3.8) is 0 Å². The van der Waals surface area contributed by atoms with Crippen LogP contribution in [0.15, 0.2) is 33.1 Å². The predicted molar refractivity (Wildman–Crippen MR) is 77.7 cm³/mol. The van der Waals surface area contributed by atoms with Crippen molar-refractivity contribution in [1.29, 1.82) is 0 Å². The number of rotatable bonds is 1. The van der Waals surface area contributed by atoms with E-state index in [1.54, 1.807) is 6.07 Å². The summed E-state index contributed by atoms with van der Waals surface area (Å²) in [5, 5.41) is 0. The first-order chi connectivity index (χ1) is 9.06. The normalized spacial score (nSPS) is 11.2. The number of fused-ring (bicyclic) bond motifs is 1. The lowest BCUT2D eigenvalue weighted by Gasteiger charge is -2.05. The molecule has 0 radical (unpaired) electrons. The van der Waals surface area contributed by atoms with Gasteiger partial charge < -0.3 is 0 Å². The van der Waals surface area contributed by atoms with Gasteiger partial charge in [0.05, 0.1) is 10.4 Å². The Bertz CT molecular complexity index is 789. The molecule has 2 heterocycles. The molecule has 0 unspecified atom stereocenters. The fraction of sp³-hybridized carbons (Fsp3) is 0. The van der Waals surface area contributed by atoms with Gasteiger partial charge in [0, 0.05) is 10.0 Å². The molecule has 3 aromatic rings. The summed E-state index contributed by atoms with van der Waals surface area (Å²) in [6, 6.07) is 5.77. The molecule has 7 heteroatoms. The van der Waals surface area contributed by atoms with Crippen molar-refractivity contribution in [3.8, 4) is 11.3 Å². The third-order valence-corrected chi connectivity index (χ3v) is 4.30. The number of halogens is 3. The van der Waals surface area contributed by atoms with E-state index >= 15 is 0 Å². The Morgan fingerprint density at radius 3 is 2.79 bits per heavy atom. The van der Waals surface area contributed by atoms with Crippen molar-refractivity contribution in [2.24, 2.45) is 0 Å². The molecule has 96 valence electrons. The fourth-order valence-corrected chi connectivity index (χ4v) is 3.47. The molecule has 0 saturated carbocycles. The zero-order valence-electron chi connectivity index (χ0n) is 9.19. The van der Waals surface area contributed by atoms with Gasteiger partial charge in [-0.05, 0) is 34.1 Å². The molecule has 0 fully saturated rings. The summed E-state index contributed by atoms with van der Waals surface area (Å²) >= 11 is 8.85. The van der Waals surface area contributed by atoms with Crippen LogP contribution < -0.4 is 0 Å². The van der Waals surface area contributed by atoms with E-state index in [1.165, 1.54) is 23.5 Å². The molecule has 0 aliphatic carbocycles. The summed E-state index contributed by atoms with van der Waals surface area (Å²) in [6.45, 7) is 0. The second kappa shape index (κ2) is 4.81. The molecule has 0 aliphatic heterocycles. The Labute approximate surface area is 125 Å². The van der Waals surface area contributed by atoms with Crippen molar-refractivity contribution in [3.05, 3.63) is 40.4 Å². The Balaban J connectivity index is 2.29. The Kier molecular flexibility index (Phi) is 3.28. The van der Waals surface area contributed by atoms with Gasteiger partial charge in [-0.15, -0.1) is 24.0 Å². The summed E-state index contributed by atoms with van der Waals surface area (Å²) in [6.07, 6.45) is 0. The highest BCUT2D eigenvalue weighted by Gasteiger charge is 2.16. The number of nitrogens with zero attached hydrogens (tertiary/aromatic N) is 2. The number of hydrogen-bond donors (Lipinski definition) is 1. The van der Waals surface area contributed by atoms with E-state index in [0.717, 1.165) is 10.8 Å². The monoisotopic (exact) mass is 358 g/mol. The number of thiazole rings is 1. The van der Waals surface area contributed by atoms with E-state index in [2.05, 4.69) is 38.5 Å². The Morgan fingerprint density at radius 2 is 2.00 bits per heavy atom. The van der Waals surface area contributed by atoms with E-state index in [4.69, 9.17) is 0 Å². The first kappa shape index (κ1) is 13.0. The second-order valence-electron chi connectivity index (χ2n) is 3.74. The summed E-state index contributed by atoms with van der Waals surface area (Å²) < 4.78 is 29.1. The average molecular weight is 359 g/mol. The first-order valence-electron chi connectivity index (χ1n) is 5.16. The lowest BCUT2D eigenvalue weighted by Crippen LogP contribution is -1.93. The number of aromatic nitrogens is 2. The molecular weight excluding hydrogens is 354 g/mol. The van der Waals surface area contributed by atoms with Gasteiger partial charge in [-0.1, -0.05) is 6.07 Å². The van der Waals surface area contributed by atoms with E-state index in [-0.39, 0.29) is 5.56 Å². The number of hydrogen-bond acceptors (Lipinski definition) is 4. The van der Waals surface area contributed by atoms with Crippen molar-refractivity contribution >= 4 is 50.2 Å². The molecule has 3 rings (SSSR count). The van der Waals surface area contributed by atoms with Gasteiger partial charge in [0.25, 0.3) is 0 Å². The van der Waals surface area contributed by atoms with Crippen LogP contribution in [0, 0.1) is 11.6 Å².